The predicted molar refractivity (Wildman–Crippen MR) is 124 cm³/mol. The average Bonchev–Trinajstić information content (AvgIpc) is 3.29. The SMILES string of the molecule is Cc1nccc2c1c(=O)n(C)c1cc(ON(C(=O)O)C(C)CC(C)C)c(-c3cnco3)cc21. The second-order valence-electron chi connectivity index (χ2n) is 8.59. The van der Waals surface area contributed by atoms with Crippen molar-refractivity contribution < 1.29 is 19.2 Å². The summed E-state index contributed by atoms with van der Waals surface area (Å²) in [5.74, 6) is 0.943. The molecule has 0 radical (unpaired) electrons. The van der Waals surface area contributed by atoms with Crippen LogP contribution in [-0.2, 0) is 7.05 Å². The second kappa shape index (κ2) is 8.57. The molecule has 9 heteroatoms. The Morgan fingerprint density at radius 2 is 2.03 bits per heavy atom. The van der Waals surface area contributed by atoms with Gasteiger partial charge in [0.2, 0.25) is 0 Å². The fourth-order valence-corrected chi connectivity index (χ4v) is 4.22. The highest BCUT2D eigenvalue weighted by molar-refractivity contribution is 6.08. The molecule has 4 rings (SSSR count). The van der Waals surface area contributed by atoms with Crippen LogP contribution in [-0.4, -0.2) is 36.8 Å². The van der Waals surface area contributed by atoms with Gasteiger partial charge in [0.25, 0.3) is 5.56 Å². The molecule has 0 saturated heterocycles. The van der Waals surface area contributed by atoms with E-state index in [0.717, 1.165) is 15.8 Å². The molecule has 0 aliphatic rings. The summed E-state index contributed by atoms with van der Waals surface area (Å²) in [5, 5.41) is 12.8. The summed E-state index contributed by atoms with van der Waals surface area (Å²) < 4.78 is 7.05. The fourth-order valence-electron chi connectivity index (χ4n) is 4.22. The van der Waals surface area contributed by atoms with Crippen LogP contribution in [0, 0.1) is 12.8 Å². The molecule has 3 aromatic heterocycles. The number of pyridine rings is 2. The number of aryl methyl sites for hydroxylation is 2. The molecule has 1 aromatic carbocycles. The first kappa shape index (κ1) is 22.3. The number of hydroxylamine groups is 2. The van der Waals surface area contributed by atoms with Crippen molar-refractivity contribution in [2.24, 2.45) is 13.0 Å². The van der Waals surface area contributed by atoms with E-state index in [9.17, 15) is 14.7 Å². The Kier molecular flexibility index (Phi) is 5.80. The molecule has 9 nitrogen and oxygen atoms in total. The van der Waals surface area contributed by atoms with Gasteiger partial charge < -0.3 is 18.9 Å². The van der Waals surface area contributed by atoms with Gasteiger partial charge in [0.05, 0.1) is 34.4 Å². The molecule has 1 atom stereocenters. The lowest BCUT2D eigenvalue weighted by molar-refractivity contribution is -0.0677. The van der Waals surface area contributed by atoms with E-state index in [1.807, 2.05) is 19.9 Å². The molecule has 0 aliphatic carbocycles. The summed E-state index contributed by atoms with van der Waals surface area (Å²) in [6.07, 6.45) is 3.91. The first-order valence-electron chi connectivity index (χ1n) is 10.7. The Labute approximate surface area is 190 Å². The predicted octanol–water partition coefficient (Wildman–Crippen LogP) is 4.76. The van der Waals surface area contributed by atoms with E-state index < -0.39 is 12.1 Å². The third kappa shape index (κ3) is 4.02. The number of benzene rings is 1. The normalized spacial score (nSPS) is 12.4. The van der Waals surface area contributed by atoms with Crippen LogP contribution in [0.3, 0.4) is 0 Å². The minimum Gasteiger partial charge on any atom is -0.463 e. The number of fused-ring (bicyclic) bond motifs is 3. The van der Waals surface area contributed by atoms with E-state index in [1.54, 1.807) is 39.2 Å². The summed E-state index contributed by atoms with van der Waals surface area (Å²) in [6, 6.07) is 4.90. The average molecular weight is 450 g/mol. The highest BCUT2D eigenvalue weighted by atomic mass is 16.7. The monoisotopic (exact) mass is 450 g/mol. The van der Waals surface area contributed by atoms with Gasteiger partial charge in [0.15, 0.2) is 17.9 Å². The van der Waals surface area contributed by atoms with E-state index in [0.29, 0.717) is 34.3 Å². The number of amides is 1. The molecule has 4 aromatic rings. The summed E-state index contributed by atoms with van der Waals surface area (Å²) in [4.78, 5) is 39.3. The molecule has 0 bridgehead atoms. The Morgan fingerprint density at radius 3 is 2.67 bits per heavy atom. The third-order valence-corrected chi connectivity index (χ3v) is 5.70. The van der Waals surface area contributed by atoms with Crippen molar-refractivity contribution in [3.05, 3.63) is 53.0 Å². The van der Waals surface area contributed by atoms with Crippen molar-refractivity contribution >= 4 is 27.8 Å². The van der Waals surface area contributed by atoms with E-state index in [1.165, 1.54) is 17.2 Å². The maximum absolute atomic E-state index is 13.1. The quantitative estimate of drug-likeness (QED) is 0.333. The molecular weight excluding hydrogens is 424 g/mol. The zero-order valence-corrected chi connectivity index (χ0v) is 19.2. The number of nitrogens with zero attached hydrogens (tertiary/aromatic N) is 4. The van der Waals surface area contributed by atoms with Crippen LogP contribution in [0.25, 0.3) is 33.0 Å². The number of hydrogen-bond acceptors (Lipinski definition) is 6. The molecule has 1 amide bonds. The molecular formula is C24H26N4O5. The van der Waals surface area contributed by atoms with Crippen molar-refractivity contribution in [1.82, 2.24) is 19.6 Å². The van der Waals surface area contributed by atoms with Gasteiger partial charge in [-0.2, -0.15) is 0 Å². The summed E-state index contributed by atoms with van der Waals surface area (Å²) in [7, 11) is 1.67. The number of carboxylic acid groups (broad SMARTS) is 1. The number of aromatic nitrogens is 3. The lowest BCUT2D eigenvalue weighted by Gasteiger charge is -2.27. The smallest absolute Gasteiger partial charge is 0.440 e. The molecule has 3 heterocycles. The Balaban J connectivity index is 1.99. The standard InChI is InChI=1S/C24H26N4O5/c1-13(2)8-14(3)28(24(30)31)33-20-10-19-17(9-18(20)21-11-25-12-32-21)16-6-7-26-15(4)22(16)23(29)27(19)5/h6-7,9-14H,8H2,1-5H3,(H,30,31). The molecule has 0 saturated carbocycles. The van der Waals surface area contributed by atoms with E-state index in [4.69, 9.17) is 9.25 Å². The minimum atomic E-state index is -1.21. The van der Waals surface area contributed by atoms with E-state index in [-0.39, 0.29) is 17.2 Å². The summed E-state index contributed by atoms with van der Waals surface area (Å²) in [6.45, 7) is 7.63. The van der Waals surface area contributed by atoms with Gasteiger partial charge in [-0.05, 0) is 43.7 Å². The van der Waals surface area contributed by atoms with Crippen molar-refractivity contribution in [2.75, 3.05) is 0 Å². The van der Waals surface area contributed by atoms with Crippen LogP contribution in [0.15, 0.2) is 46.2 Å². The lowest BCUT2D eigenvalue weighted by Crippen LogP contribution is -2.41. The van der Waals surface area contributed by atoms with Gasteiger partial charge in [0.1, 0.15) is 0 Å². The van der Waals surface area contributed by atoms with Crippen LogP contribution >= 0.6 is 0 Å². The van der Waals surface area contributed by atoms with E-state index in [2.05, 4.69) is 9.97 Å². The van der Waals surface area contributed by atoms with Gasteiger partial charge in [-0.25, -0.2) is 9.78 Å². The third-order valence-electron chi connectivity index (χ3n) is 5.70. The zero-order valence-electron chi connectivity index (χ0n) is 19.2. The van der Waals surface area contributed by atoms with E-state index >= 15 is 0 Å². The number of rotatable bonds is 6. The Bertz CT molecular complexity index is 1390. The number of oxazole rings is 1. The summed E-state index contributed by atoms with van der Waals surface area (Å²) in [5.41, 5.74) is 1.57. The van der Waals surface area contributed by atoms with Crippen LogP contribution in [0.2, 0.25) is 0 Å². The first-order valence-corrected chi connectivity index (χ1v) is 10.7. The molecule has 0 fully saturated rings. The largest absolute Gasteiger partial charge is 0.463 e. The van der Waals surface area contributed by atoms with Crippen LogP contribution in [0.1, 0.15) is 32.9 Å². The zero-order chi connectivity index (χ0) is 23.9. The highest BCUT2D eigenvalue weighted by Gasteiger charge is 2.26. The maximum atomic E-state index is 13.1. The first-order chi connectivity index (χ1) is 15.7. The van der Waals surface area contributed by atoms with Crippen LogP contribution in [0.5, 0.6) is 5.75 Å². The van der Waals surface area contributed by atoms with Crippen molar-refractivity contribution in [2.45, 2.75) is 40.2 Å². The molecule has 0 aliphatic heterocycles. The molecule has 1 N–H and O–H groups in total. The van der Waals surface area contributed by atoms with Crippen molar-refractivity contribution in [1.29, 1.82) is 0 Å². The number of hydrogen-bond donors (Lipinski definition) is 1. The van der Waals surface area contributed by atoms with Crippen LogP contribution in [0.4, 0.5) is 4.79 Å². The molecule has 1 unspecified atom stereocenters. The van der Waals surface area contributed by atoms with Crippen LogP contribution < -0.4 is 10.4 Å². The number of carbonyl (C=O) groups is 1. The lowest BCUT2D eigenvalue weighted by atomic mass is 10.0. The fraction of sp³-hybridized carbons (Fsp3) is 0.333. The van der Waals surface area contributed by atoms with Gasteiger partial charge in [0, 0.05) is 24.7 Å². The molecule has 0 spiro atoms. The van der Waals surface area contributed by atoms with Gasteiger partial charge in [-0.3, -0.25) is 9.78 Å². The van der Waals surface area contributed by atoms with Gasteiger partial charge >= 0.3 is 6.09 Å². The summed E-state index contributed by atoms with van der Waals surface area (Å²) >= 11 is 0. The van der Waals surface area contributed by atoms with Gasteiger partial charge in [-0.15, -0.1) is 5.06 Å². The highest BCUT2D eigenvalue weighted by Crippen LogP contribution is 2.37. The Morgan fingerprint density at radius 1 is 1.27 bits per heavy atom. The Hall–Kier alpha value is -3.88. The maximum Gasteiger partial charge on any atom is 0.440 e. The van der Waals surface area contributed by atoms with Crippen molar-refractivity contribution in [3.63, 3.8) is 0 Å². The van der Waals surface area contributed by atoms with Gasteiger partial charge in [-0.1, -0.05) is 13.8 Å². The second-order valence-corrected chi connectivity index (χ2v) is 8.59. The minimum absolute atomic E-state index is 0.190. The molecule has 33 heavy (non-hydrogen) atoms. The van der Waals surface area contributed by atoms with Crippen molar-refractivity contribution in [3.8, 4) is 17.1 Å². The topological polar surface area (TPSA) is 111 Å². The molecule has 172 valence electrons.